The molecule has 2 nitrogen and oxygen atoms in total. The van der Waals surface area contributed by atoms with Crippen LogP contribution in [0.3, 0.4) is 0 Å². The largest absolute Gasteiger partial charge is 0.344 e. The van der Waals surface area contributed by atoms with E-state index < -0.39 is 0 Å². The van der Waals surface area contributed by atoms with E-state index in [9.17, 15) is 0 Å². The highest BCUT2D eigenvalue weighted by Gasteiger charge is 2.20. The summed E-state index contributed by atoms with van der Waals surface area (Å²) in [5.41, 5.74) is 13.2. The Morgan fingerprint density at radius 1 is 1.16 bits per heavy atom. The zero-order valence-electron chi connectivity index (χ0n) is 12.1. The molecule has 2 N–H and O–H groups in total. The lowest BCUT2D eigenvalue weighted by Crippen LogP contribution is -2.11. The third-order valence-electron chi connectivity index (χ3n) is 4.40. The number of fused-ring (bicyclic) bond motifs is 3. The Balaban J connectivity index is 2.26. The molecule has 0 unspecified atom stereocenters. The van der Waals surface area contributed by atoms with Crippen molar-refractivity contribution in [1.82, 2.24) is 4.57 Å². The van der Waals surface area contributed by atoms with Crippen LogP contribution in [0.4, 0.5) is 0 Å². The molecule has 2 aromatic rings. The van der Waals surface area contributed by atoms with Crippen molar-refractivity contribution in [3.05, 3.63) is 34.5 Å². The van der Waals surface area contributed by atoms with Crippen LogP contribution in [0.5, 0.6) is 0 Å². The van der Waals surface area contributed by atoms with Gasteiger partial charge in [-0.05, 0) is 75.3 Å². The van der Waals surface area contributed by atoms with Gasteiger partial charge < -0.3 is 10.3 Å². The van der Waals surface area contributed by atoms with Crippen LogP contribution in [0.2, 0.25) is 0 Å². The second-order valence-electron chi connectivity index (χ2n) is 5.90. The number of benzene rings is 1. The Labute approximate surface area is 115 Å². The van der Waals surface area contributed by atoms with Gasteiger partial charge in [0.1, 0.15) is 0 Å². The van der Waals surface area contributed by atoms with E-state index in [0.29, 0.717) is 0 Å². The summed E-state index contributed by atoms with van der Waals surface area (Å²) in [6, 6.07) is 4.68. The van der Waals surface area contributed by atoms with Gasteiger partial charge in [0.2, 0.25) is 0 Å². The second kappa shape index (κ2) is 5.01. The normalized spacial score (nSPS) is 14.9. The van der Waals surface area contributed by atoms with Crippen LogP contribution in [0, 0.1) is 13.8 Å². The highest BCUT2D eigenvalue weighted by Crippen LogP contribution is 2.34. The Bertz CT molecular complexity index is 607. The summed E-state index contributed by atoms with van der Waals surface area (Å²) >= 11 is 0. The van der Waals surface area contributed by atoms with Crippen molar-refractivity contribution < 1.29 is 0 Å². The van der Waals surface area contributed by atoms with Crippen LogP contribution in [-0.2, 0) is 19.4 Å². The molecule has 1 aromatic carbocycles. The smallest absolute Gasteiger partial charge is 0.0490 e. The third-order valence-corrected chi connectivity index (χ3v) is 4.40. The topological polar surface area (TPSA) is 30.9 Å². The molecule has 1 aliphatic carbocycles. The van der Waals surface area contributed by atoms with Gasteiger partial charge in [0.25, 0.3) is 0 Å². The van der Waals surface area contributed by atoms with Gasteiger partial charge in [0, 0.05) is 23.1 Å². The third kappa shape index (κ3) is 2.08. The van der Waals surface area contributed by atoms with Gasteiger partial charge in [-0.1, -0.05) is 6.07 Å². The zero-order chi connectivity index (χ0) is 13.4. The van der Waals surface area contributed by atoms with Crippen LogP contribution in [0.25, 0.3) is 10.9 Å². The monoisotopic (exact) mass is 256 g/mol. The number of aromatic nitrogens is 1. The minimum atomic E-state index is 0.777. The van der Waals surface area contributed by atoms with Crippen LogP contribution < -0.4 is 5.73 Å². The molecule has 0 fully saturated rings. The van der Waals surface area contributed by atoms with E-state index in [2.05, 4.69) is 30.5 Å². The summed E-state index contributed by atoms with van der Waals surface area (Å²) in [5, 5.41) is 1.53. The molecule has 0 radical (unpaired) electrons. The minimum absolute atomic E-state index is 0.777. The molecule has 19 heavy (non-hydrogen) atoms. The highest BCUT2D eigenvalue weighted by molar-refractivity contribution is 5.89. The summed E-state index contributed by atoms with van der Waals surface area (Å²) in [7, 11) is 0. The standard InChI is InChI=1S/C17H24N2/c1-12-10-13(2)17-14-6-3-4-7-15(14)19(9-5-8-18)16(17)11-12/h10-11H,3-9,18H2,1-2H3. The molecule has 0 saturated heterocycles. The van der Waals surface area contributed by atoms with E-state index in [-0.39, 0.29) is 0 Å². The first-order valence-corrected chi connectivity index (χ1v) is 7.53. The summed E-state index contributed by atoms with van der Waals surface area (Å²) in [5.74, 6) is 0. The maximum Gasteiger partial charge on any atom is 0.0490 e. The average molecular weight is 256 g/mol. The highest BCUT2D eigenvalue weighted by atomic mass is 15.0. The molecular formula is C17H24N2. The summed E-state index contributed by atoms with van der Waals surface area (Å²) in [6.07, 6.45) is 6.25. The number of rotatable bonds is 3. The van der Waals surface area contributed by atoms with Crippen molar-refractivity contribution in [2.24, 2.45) is 5.73 Å². The van der Waals surface area contributed by atoms with Crippen LogP contribution >= 0.6 is 0 Å². The van der Waals surface area contributed by atoms with Crippen LogP contribution in [-0.4, -0.2) is 11.1 Å². The SMILES string of the molecule is Cc1cc(C)c2c3c(n(CCCN)c2c1)CCCC3. The van der Waals surface area contributed by atoms with Crippen molar-refractivity contribution in [2.45, 2.75) is 52.5 Å². The Hall–Kier alpha value is -1.28. The molecule has 1 aliphatic rings. The van der Waals surface area contributed by atoms with E-state index in [1.807, 2.05) is 0 Å². The second-order valence-corrected chi connectivity index (χ2v) is 5.90. The Morgan fingerprint density at radius 2 is 1.95 bits per heavy atom. The Morgan fingerprint density at radius 3 is 2.74 bits per heavy atom. The van der Waals surface area contributed by atoms with E-state index in [0.717, 1.165) is 19.5 Å². The summed E-state index contributed by atoms with van der Waals surface area (Å²) in [6.45, 7) is 6.31. The average Bonchev–Trinajstić information content (AvgIpc) is 2.70. The fourth-order valence-electron chi connectivity index (χ4n) is 3.66. The minimum Gasteiger partial charge on any atom is -0.344 e. The number of nitrogens with zero attached hydrogens (tertiary/aromatic N) is 1. The van der Waals surface area contributed by atoms with Crippen molar-refractivity contribution >= 4 is 10.9 Å². The van der Waals surface area contributed by atoms with Gasteiger partial charge in [-0.3, -0.25) is 0 Å². The molecular weight excluding hydrogens is 232 g/mol. The lowest BCUT2D eigenvalue weighted by Gasteiger charge is -2.15. The van der Waals surface area contributed by atoms with Gasteiger partial charge in [0.15, 0.2) is 0 Å². The fraction of sp³-hybridized carbons (Fsp3) is 0.529. The molecule has 0 atom stereocenters. The fourth-order valence-corrected chi connectivity index (χ4v) is 3.66. The molecule has 2 heteroatoms. The van der Waals surface area contributed by atoms with Crippen molar-refractivity contribution in [1.29, 1.82) is 0 Å². The predicted octanol–water partition coefficient (Wildman–Crippen LogP) is 3.49. The zero-order valence-corrected chi connectivity index (χ0v) is 12.1. The molecule has 0 saturated carbocycles. The molecule has 1 heterocycles. The number of hydrogen-bond donors (Lipinski definition) is 1. The quantitative estimate of drug-likeness (QED) is 0.895. The first-order chi connectivity index (χ1) is 9.22. The van der Waals surface area contributed by atoms with Gasteiger partial charge >= 0.3 is 0 Å². The van der Waals surface area contributed by atoms with Crippen LogP contribution in [0.1, 0.15) is 41.6 Å². The Kier molecular flexibility index (Phi) is 3.36. The lowest BCUT2D eigenvalue weighted by molar-refractivity contribution is 0.596. The van der Waals surface area contributed by atoms with E-state index >= 15 is 0 Å². The number of hydrogen-bond acceptors (Lipinski definition) is 1. The summed E-state index contributed by atoms with van der Waals surface area (Å²) < 4.78 is 2.55. The number of aryl methyl sites for hydroxylation is 4. The molecule has 3 rings (SSSR count). The molecule has 102 valence electrons. The molecule has 0 amide bonds. The van der Waals surface area contributed by atoms with Gasteiger partial charge in [0.05, 0.1) is 0 Å². The van der Waals surface area contributed by atoms with E-state index in [4.69, 9.17) is 5.73 Å². The van der Waals surface area contributed by atoms with Crippen LogP contribution in [0.15, 0.2) is 12.1 Å². The molecule has 1 aromatic heterocycles. The van der Waals surface area contributed by atoms with Gasteiger partial charge in [-0.25, -0.2) is 0 Å². The molecule has 0 bridgehead atoms. The first kappa shape index (κ1) is 12.7. The number of nitrogens with two attached hydrogens (primary N) is 1. The van der Waals surface area contributed by atoms with Crippen molar-refractivity contribution in [3.63, 3.8) is 0 Å². The predicted molar refractivity (Wildman–Crippen MR) is 81.7 cm³/mol. The van der Waals surface area contributed by atoms with Crippen molar-refractivity contribution in [3.8, 4) is 0 Å². The lowest BCUT2D eigenvalue weighted by atomic mass is 9.93. The summed E-state index contributed by atoms with van der Waals surface area (Å²) in [4.78, 5) is 0. The first-order valence-electron chi connectivity index (χ1n) is 7.53. The van der Waals surface area contributed by atoms with Crippen molar-refractivity contribution in [2.75, 3.05) is 6.54 Å². The molecule has 0 aliphatic heterocycles. The van der Waals surface area contributed by atoms with Gasteiger partial charge in [-0.15, -0.1) is 0 Å². The van der Waals surface area contributed by atoms with E-state index in [1.54, 1.807) is 11.3 Å². The maximum atomic E-state index is 5.71. The van der Waals surface area contributed by atoms with Gasteiger partial charge in [-0.2, -0.15) is 0 Å². The van der Waals surface area contributed by atoms with E-state index in [1.165, 1.54) is 47.7 Å². The molecule has 0 spiro atoms. The maximum absolute atomic E-state index is 5.71.